The molecule has 0 bridgehead atoms. The minimum Gasteiger partial charge on any atom is -0.370 e. The van der Waals surface area contributed by atoms with Gasteiger partial charge in [-0.15, -0.1) is 0 Å². The molecule has 0 aromatic rings. The highest BCUT2D eigenvalue weighted by atomic mass is 16.6. The summed E-state index contributed by atoms with van der Waals surface area (Å²) in [5, 5.41) is 0. The molecule has 4 unspecified atom stereocenters. The predicted octanol–water partition coefficient (Wildman–Crippen LogP) is 6.11. The van der Waals surface area contributed by atoms with Gasteiger partial charge in [-0.3, -0.25) is 0 Å². The molecular weight excluding hydrogens is 244 g/mol. The molecule has 2 rings (SSSR count). The number of hydrogen-bond donors (Lipinski definition) is 0. The maximum atomic E-state index is 5.63. The number of fused-ring (bicyclic) bond motifs is 1. The molecule has 118 valence electrons. The molecule has 0 aromatic heterocycles. The second kappa shape index (κ2) is 9.07. The van der Waals surface area contributed by atoms with Crippen LogP contribution < -0.4 is 0 Å². The van der Waals surface area contributed by atoms with Gasteiger partial charge < -0.3 is 4.74 Å². The fraction of sp³-hybridized carbons (Fsp3) is 1.00. The third kappa shape index (κ3) is 6.16. The third-order valence-corrected chi connectivity index (χ3v) is 5.48. The Morgan fingerprint density at radius 1 is 0.900 bits per heavy atom. The van der Waals surface area contributed by atoms with Crippen molar-refractivity contribution in [2.75, 3.05) is 0 Å². The quantitative estimate of drug-likeness (QED) is 0.328. The summed E-state index contributed by atoms with van der Waals surface area (Å²) in [4.78, 5) is 0. The Hall–Kier alpha value is -0.0400. The molecular formula is C19H36O. The van der Waals surface area contributed by atoms with Gasteiger partial charge in [-0.2, -0.15) is 0 Å². The van der Waals surface area contributed by atoms with Gasteiger partial charge in [0.25, 0.3) is 0 Å². The molecule has 1 heteroatoms. The van der Waals surface area contributed by atoms with E-state index in [1.165, 1.54) is 83.5 Å². The molecule has 0 N–H and O–H groups in total. The van der Waals surface area contributed by atoms with Crippen LogP contribution in [0.4, 0.5) is 0 Å². The number of ether oxygens (including phenoxy) is 1. The van der Waals surface area contributed by atoms with E-state index in [0.717, 1.165) is 11.8 Å². The van der Waals surface area contributed by atoms with Gasteiger partial charge in [-0.25, -0.2) is 0 Å². The first-order chi connectivity index (χ1) is 9.79. The molecule has 0 aromatic carbocycles. The summed E-state index contributed by atoms with van der Waals surface area (Å²) >= 11 is 0. The number of rotatable bonds is 11. The summed E-state index contributed by atoms with van der Waals surface area (Å²) in [6.45, 7) is 4.76. The van der Waals surface area contributed by atoms with Crippen molar-refractivity contribution >= 4 is 0 Å². The molecule has 1 nitrogen and oxygen atoms in total. The molecule has 1 heterocycles. The van der Waals surface area contributed by atoms with Gasteiger partial charge in [-0.05, 0) is 31.1 Å². The average Bonchev–Trinajstić information content (AvgIpc) is 3.22. The van der Waals surface area contributed by atoms with Gasteiger partial charge in [-0.1, -0.05) is 78.1 Å². The lowest BCUT2D eigenvalue weighted by Crippen LogP contribution is -2.14. The molecule has 1 aliphatic heterocycles. The lowest BCUT2D eigenvalue weighted by molar-refractivity contribution is 0.320. The van der Waals surface area contributed by atoms with E-state index in [1.54, 1.807) is 0 Å². The summed E-state index contributed by atoms with van der Waals surface area (Å²) in [5.74, 6) is 1.93. The molecule has 1 saturated heterocycles. The Labute approximate surface area is 126 Å². The molecule has 2 aliphatic rings. The van der Waals surface area contributed by atoms with Crippen LogP contribution in [0.25, 0.3) is 0 Å². The highest BCUT2D eigenvalue weighted by Crippen LogP contribution is 2.41. The normalized spacial score (nSPS) is 30.0. The van der Waals surface area contributed by atoms with E-state index in [2.05, 4.69) is 13.8 Å². The largest absolute Gasteiger partial charge is 0.370 e. The second-order valence-corrected chi connectivity index (χ2v) is 7.48. The molecule has 1 saturated carbocycles. The van der Waals surface area contributed by atoms with E-state index in [1.807, 2.05) is 0 Å². The minimum absolute atomic E-state index is 0.673. The van der Waals surface area contributed by atoms with Gasteiger partial charge in [0.05, 0.1) is 12.2 Å². The smallest absolute Gasteiger partial charge is 0.0844 e. The Morgan fingerprint density at radius 3 is 2.40 bits per heavy atom. The van der Waals surface area contributed by atoms with E-state index in [0.29, 0.717) is 12.2 Å². The van der Waals surface area contributed by atoms with Crippen molar-refractivity contribution in [2.45, 2.75) is 110 Å². The molecule has 4 atom stereocenters. The van der Waals surface area contributed by atoms with Crippen molar-refractivity contribution in [2.24, 2.45) is 11.8 Å². The van der Waals surface area contributed by atoms with E-state index in [-0.39, 0.29) is 0 Å². The lowest BCUT2D eigenvalue weighted by atomic mass is 9.83. The summed E-state index contributed by atoms with van der Waals surface area (Å²) in [5.41, 5.74) is 0. The van der Waals surface area contributed by atoms with Crippen LogP contribution >= 0.6 is 0 Å². The zero-order valence-corrected chi connectivity index (χ0v) is 13.9. The first kappa shape index (κ1) is 16.3. The molecule has 2 fully saturated rings. The maximum Gasteiger partial charge on any atom is 0.0844 e. The Bertz CT molecular complexity index is 250. The van der Waals surface area contributed by atoms with Crippen LogP contribution in [-0.2, 0) is 4.74 Å². The fourth-order valence-electron chi connectivity index (χ4n) is 3.86. The lowest BCUT2D eigenvalue weighted by Gasteiger charge is -2.20. The van der Waals surface area contributed by atoms with Crippen LogP contribution in [0.2, 0.25) is 0 Å². The molecule has 0 radical (unpaired) electrons. The van der Waals surface area contributed by atoms with Crippen molar-refractivity contribution in [3.63, 3.8) is 0 Å². The van der Waals surface area contributed by atoms with Crippen LogP contribution in [0.3, 0.4) is 0 Å². The standard InChI is InChI=1S/C19H36O/c1-3-4-5-6-7-8-9-10-16(2)11-12-17-13-14-18-19(15-17)20-18/h16-19H,3-15H2,1-2H3. The molecule has 20 heavy (non-hydrogen) atoms. The van der Waals surface area contributed by atoms with Crippen LogP contribution in [-0.4, -0.2) is 12.2 Å². The van der Waals surface area contributed by atoms with Crippen molar-refractivity contribution < 1.29 is 4.74 Å². The van der Waals surface area contributed by atoms with E-state index in [9.17, 15) is 0 Å². The van der Waals surface area contributed by atoms with Crippen LogP contribution in [0.15, 0.2) is 0 Å². The van der Waals surface area contributed by atoms with Crippen LogP contribution in [0.1, 0.15) is 97.3 Å². The SMILES string of the molecule is CCCCCCCCCC(C)CCC1CCC2OC2C1. The molecule has 1 aliphatic carbocycles. The van der Waals surface area contributed by atoms with Crippen LogP contribution in [0, 0.1) is 11.8 Å². The van der Waals surface area contributed by atoms with Gasteiger partial charge in [0.2, 0.25) is 0 Å². The average molecular weight is 280 g/mol. The zero-order valence-electron chi connectivity index (χ0n) is 13.9. The summed E-state index contributed by atoms with van der Waals surface area (Å²) in [6.07, 6.45) is 20.0. The monoisotopic (exact) mass is 280 g/mol. The summed E-state index contributed by atoms with van der Waals surface area (Å²) < 4.78 is 5.63. The van der Waals surface area contributed by atoms with Gasteiger partial charge in [0.15, 0.2) is 0 Å². The molecule has 0 spiro atoms. The highest BCUT2D eigenvalue weighted by Gasteiger charge is 2.43. The zero-order chi connectivity index (χ0) is 14.2. The number of unbranched alkanes of at least 4 members (excludes halogenated alkanes) is 6. The predicted molar refractivity (Wildman–Crippen MR) is 87.0 cm³/mol. The van der Waals surface area contributed by atoms with Crippen molar-refractivity contribution in [1.82, 2.24) is 0 Å². The third-order valence-electron chi connectivity index (χ3n) is 5.48. The fourth-order valence-corrected chi connectivity index (χ4v) is 3.86. The van der Waals surface area contributed by atoms with Gasteiger partial charge in [0, 0.05) is 0 Å². The van der Waals surface area contributed by atoms with Gasteiger partial charge in [0.1, 0.15) is 0 Å². The van der Waals surface area contributed by atoms with E-state index >= 15 is 0 Å². The number of epoxide rings is 1. The summed E-state index contributed by atoms with van der Waals surface area (Å²) in [7, 11) is 0. The Kier molecular flexibility index (Phi) is 7.41. The Balaban J connectivity index is 1.39. The van der Waals surface area contributed by atoms with Crippen molar-refractivity contribution in [1.29, 1.82) is 0 Å². The maximum absolute atomic E-state index is 5.63. The van der Waals surface area contributed by atoms with Crippen LogP contribution in [0.5, 0.6) is 0 Å². The highest BCUT2D eigenvalue weighted by molar-refractivity contribution is 4.91. The van der Waals surface area contributed by atoms with E-state index in [4.69, 9.17) is 4.74 Å². The van der Waals surface area contributed by atoms with Crippen molar-refractivity contribution in [3.8, 4) is 0 Å². The molecule has 0 amide bonds. The van der Waals surface area contributed by atoms with Gasteiger partial charge >= 0.3 is 0 Å². The minimum atomic E-state index is 0.673. The Morgan fingerprint density at radius 2 is 1.65 bits per heavy atom. The van der Waals surface area contributed by atoms with Crippen molar-refractivity contribution in [3.05, 3.63) is 0 Å². The second-order valence-electron chi connectivity index (χ2n) is 7.48. The topological polar surface area (TPSA) is 12.5 Å². The number of hydrogen-bond acceptors (Lipinski definition) is 1. The summed E-state index contributed by atoms with van der Waals surface area (Å²) in [6, 6.07) is 0. The first-order valence-electron chi connectivity index (χ1n) is 9.45. The first-order valence-corrected chi connectivity index (χ1v) is 9.45. The van der Waals surface area contributed by atoms with E-state index < -0.39 is 0 Å².